The van der Waals surface area contributed by atoms with Crippen LogP contribution >= 0.6 is 0 Å². The first-order chi connectivity index (χ1) is 15.7. The number of amides is 1. The summed E-state index contributed by atoms with van der Waals surface area (Å²) in [5.41, 5.74) is 0.181. The van der Waals surface area contributed by atoms with E-state index in [9.17, 15) is 14.7 Å². The molecule has 1 aromatic carbocycles. The molecule has 0 aliphatic heterocycles. The molecule has 1 amide bonds. The van der Waals surface area contributed by atoms with Crippen LogP contribution in [-0.2, 0) is 19.1 Å². The Hall–Kier alpha value is -2.18. The SMILES string of the molecule is CO[C@@]1(C(C)C)C[C@@H](NC(=O)CO)C(C)[C@@H]2CC[C@@H](C)[C@H]2[C@@H]1OC(=O)/C=C/c1ccccc1. The van der Waals surface area contributed by atoms with E-state index in [0.29, 0.717) is 12.3 Å². The first-order valence-corrected chi connectivity index (χ1v) is 12.1. The highest BCUT2D eigenvalue weighted by molar-refractivity contribution is 5.87. The standard InChI is InChI=1S/C27H39NO5/c1-17(2)27(32-5)15-22(28-23(30)16-29)19(4)21-13-11-18(3)25(21)26(27)33-24(31)14-12-20-9-7-6-8-10-20/h6-10,12,14,17-19,21-22,25-26,29H,11,13,15-16H2,1-5H3,(H,28,30)/b14-12+/t18-,19?,21+,22-,25-,26+,27-/m1/s1. The van der Waals surface area contributed by atoms with E-state index in [-0.39, 0.29) is 41.6 Å². The van der Waals surface area contributed by atoms with Crippen LogP contribution in [0, 0.1) is 29.6 Å². The van der Waals surface area contributed by atoms with Crippen molar-refractivity contribution in [2.45, 2.75) is 64.7 Å². The maximum atomic E-state index is 13.0. The highest BCUT2D eigenvalue weighted by Gasteiger charge is 2.58. The summed E-state index contributed by atoms with van der Waals surface area (Å²) in [6.07, 6.45) is 5.41. The van der Waals surface area contributed by atoms with Gasteiger partial charge in [-0.2, -0.15) is 0 Å². The minimum atomic E-state index is -0.754. The maximum absolute atomic E-state index is 13.0. The fourth-order valence-corrected chi connectivity index (χ4v) is 6.17. The second kappa shape index (κ2) is 10.8. The quantitative estimate of drug-likeness (QED) is 0.480. The van der Waals surface area contributed by atoms with Crippen molar-refractivity contribution >= 4 is 18.0 Å². The van der Waals surface area contributed by atoms with Gasteiger partial charge in [-0.25, -0.2) is 4.79 Å². The number of esters is 1. The summed E-state index contributed by atoms with van der Waals surface area (Å²) in [5.74, 6) is 0.244. The molecule has 6 nitrogen and oxygen atoms in total. The zero-order valence-corrected chi connectivity index (χ0v) is 20.5. The number of aliphatic hydroxyl groups excluding tert-OH is 1. The zero-order chi connectivity index (χ0) is 24.2. The van der Waals surface area contributed by atoms with Crippen LogP contribution in [0.5, 0.6) is 0 Å². The maximum Gasteiger partial charge on any atom is 0.331 e. The molecule has 1 aromatic rings. The Kier molecular flexibility index (Phi) is 8.35. The normalized spacial score (nSPS) is 34.2. The third-order valence-electron chi connectivity index (χ3n) is 8.09. The minimum absolute atomic E-state index is 0.0469. The van der Waals surface area contributed by atoms with E-state index in [4.69, 9.17) is 9.47 Å². The van der Waals surface area contributed by atoms with Gasteiger partial charge in [-0.15, -0.1) is 0 Å². The van der Waals surface area contributed by atoms with Crippen LogP contribution in [0.4, 0.5) is 0 Å². The Morgan fingerprint density at radius 3 is 2.52 bits per heavy atom. The summed E-state index contributed by atoms with van der Waals surface area (Å²) >= 11 is 0. The lowest BCUT2D eigenvalue weighted by Crippen LogP contribution is -2.56. The van der Waals surface area contributed by atoms with Gasteiger partial charge in [0.15, 0.2) is 0 Å². The summed E-state index contributed by atoms with van der Waals surface area (Å²) in [7, 11) is 1.68. The summed E-state index contributed by atoms with van der Waals surface area (Å²) in [5, 5.41) is 12.4. The predicted octanol–water partition coefficient (Wildman–Crippen LogP) is 3.83. The minimum Gasteiger partial charge on any atom is -0.456 e. The van der Waals surface area contributed by atoms with Gasteiger partial charge in [0, 0.05) is 31.6 Å². The molecule has 3 rings (SSSR count). The number of rotatable bonds is 7. The van der Waals surface area contributed by atoms with Crippen molar-refractivity contribution in [3.63, 3.8) is 0 Å². The van der Waals surface area contributed by atoms with Crippen LogP contribution in [-0.4, -0.2) is 48.4 Å². The van der Waals surface area contributed by atoms with Crippen LogP contribution < -0.4 is 5.32 Å². The van der Waals surface area contributed by atoms with Crippen molar-refractivity contribution in [2.24, 2.45) is 29.6 Å². The molecule has 2 aliphatic carbocycles. The fraction of sp³-hybridized carbons (Fsp3) is 0.630. The number of carbonyl (C=O) groups excluding carboxylic acids is 2. The Morgan fingerprint density at radius 1 is 1.21 bits per heavy atom. The summed E-state index contributed by atoms with van der Waals surface area (Å²) < 4.78 is 12.5. The van der Waals surface area contributed by atoms with E-state index < -0.39 is 18.3 Å². The molecule has 2 N–H and O–H groups in total. The molecule has 0 heterocycles. The van der Waals surface area contributed by atoms with Crippen molar-refractivity contribution in [1.29, 1.82) is 0 Å². The van der Waals surface area contributed by atoms with Gasteiger partial charge in [-0.3, -0.25) is 4.79 Å². The van der Waals surface area contributed by atoms with Gasteiger partial charge in [-0.1, -0.05) is 64.4 Å². The second-order valence-electron chi connectivity index (χ2n) is 10.1. The lowest BCUT2D eigenvalue weighted by Gasteiger charge is -2.45. The topological polar surface area (TPSA) is 84.9 Å². The number of methoxy groups -OCH3 is 1. The third-order valence-corrected chi connectivity index (χ3v) is 8.09. The molecule has 7 atom stereocenters. The molecule has 33 heavy (non-hydrogen) atoms. The Labute approximate surface area is 197 Å². The molecule has 2 fully saturated rings. The Morgan fingerprint density at radius 2 is 1.91 bits per heavy atom. The number of hydrogen-bond donors (Lipinski definition) is 2. The second-order valence-corrected chi connectivity index (χ2v) is 10.1. The molecule has 0 bridgehead atoms. The van der Waals surface area contributed by atoms with E-state index in [1.54, 1.807) is 13.2 Å². The average Bonchev–Trinajstić information content (AvgIpc) is 3.15. The summed E-state index contributed by atoms with van der Waals surface area (Å²) in [6, 6.07) is 9.50. The van der Waals surface area contributed by atoms with Crippen molar-refractivity contribution in [3.8, 4) is 0 Å². The largest absolute Gasteiger partial charge is 0.456 e. The van der Waals surface area contributed by atoms with Gasteiger partial charge >= 0.3 is 5.97 Å². The average molecular weight is 458 g/mol. The Balaban J connectivity index is 1.97. The third kappa shape index (κ3) is 5.33. The van der Waals surface area contributed by atoms with Gasteiger partial charge in [0.25, 0.3) is 0 Å². The Bertz CT molecular complexity index is 838. The highest BCUT2D eigenvalue weighted by atomic mass is 16.6. The van der Waals surface area contributed by atoms with E-state index in [2.05, 4.69) is 33.0 Å². The number of aliphatic hydroxyl groups is 1. The van der Waals surface area contributed by atoms with E-state index in [0.717, 1.165) is 18.4 Å². The van der Waals surface area contributed by atoms with Crippen LogP contribution in [0.3, 0.4) is 0 Å². The van der Waals surface area contributed by atoms with Crippen molar-refractivity contribution < 1.29 is 24.2 Å². The van der Waals surface area contributed by atoms with Crippen molar-refractivity contribution in [3.05, 3.63) is 42.0 Å². The molecule has 6 heteroatoms. The molecule has 182 valence electrons. The molecule has 1 unspecified atom stereocenters. The van der Waals surface area contributed by atoms with Crippen LogP contribution in [0.15, 0.2) is 36.4 Å². The van der Waals surface area contributed by atoms with Gasteiger partial charge in [0.05, 0.1) is 0 Å². The van der Waals surface area contributed by atoms with Crippen molar-refractivity contribution in [1.82, 2.24) is 5.32 Å². The molecule has 2 aliphatic rings. The van der Waals surface area contributed by atoms with Gasteiger partial charge < -0.3 is 19.9 Å². The first kappa shape index (κ1) is 25.4. The molecular weight excluding hydrogens is 418 g/mol. The fourth-order valence-electron chi connectivity index (χ4n) is 6.17. The number of ether oxygens (including phenoxy) is 2. The van der Waals surface area contributed by atoms with E-state index in [1.807, 2.05) is 30.3 Å². The van der Waals surface area contributed by atoms with Crippen molar-refractivity contribution in [2.75, 3.05) is 13.7 Å². The number of fused-ring (bicyclic) bond motifs is 1. The number of hydrogen-bond acceptors (Lipinski definition) is 5. The lowest BCUT2D eigenvalue weighted by molar-refractivity contribution is -0.189. The molecular formula is C27H39NO5. The molecule has 0 aromatic heterocycles. The van der Waals surface area contributed by atoms with Crippen LogP contribution in [0.1, 0.15) is 52.5 Å². The monoisotopic (exact) mass is 457 g/mol. The van der Waals surface area contributed by atoms with E-state index >= 15 is 0 Å². The molecule has 2 saturated carbocycles. The predicted molar refractivity (Wildman–Crippen MR) is 128 cm³/mol. The van der Waals surface area contributed by atoms with E-state index in [1.165, 1.54) is 6.08 Å². The molecule has 0 spiro atoms. The molecule has 0 radical (unpaired) electrons. The first-order valence-electron chi connectivity index (χ1n) is 12.1. The van der Waals surface area contributed by atoms with Crippen LogP contribution in [0.25, 0.3) is 6.08 Å². The lowest BCUT2D eigenvalue weighted by atomic mass is 9.73. The smallest absolute Gasteiger partial charge is 0.331 e. The van der Waals surface area contributed by atoms with Gasteiger partial charge in [-0.05, 0) is 41.7 Å². The number of nitrogens with one attached hydrogen (secondary N) is 1. The summed E-state index contributed by atoms with van der Waals surface area (Å²) in [4.78, 5) is 25.2. The number of benzene rings is 1. The van der Waals surface area contributed by atoms with Gasteiger partial charge in [0.1, 0.15) is 18.3 Å². The number of carbonyl (C=O) groups is 2. The zero-order valence-electron chi connectivity index (χ0n) is 20.5. The highest BCUT2D eigenvalue weighted by Crippen LogP contribution is 2.53. The molecule has 0 saturated heterocycles. The summed E-state index contributed by atoms with van der Waals surface area (Å²) in [6.45, 7) is 8.02. The van der Waals surface area contributed by atoms with Crippen LogP contribution in [0.2, 0.25) is 0 Å². The van der Waals surface area contributed by atoms with Gasteiger partial charge in [0.2, 0.25) is 5.91 Å².